The minimum Gasteiger partial charge on any atom is -0.497 e. The van der Waals surface area contributed by atoms with Gasteiger partial charge in [-0.1, -0.05) is 0 Å². The number of aromatic carboxylic acids is 1. The Morgan fingerprint density at radius 1 is 1.24 bits per heavy atom. The number of rotatable bonds is 3. The lowest BCUT2D eigenvalue weighted by Gasteiger charge is -2.05. The molecule has 7 heteroatoms. The fourth-order valence-electron chi connectivity index (χ4n) is 2.03. The monoisotopic (exact) mass is 284 g/mol. The quantitative estimate of drug-likeness (QED) is 0.788. The SMILES string of the molecule is COc1ccc(-c2cc(C(=O)O)n3nc(C)nc3n2)cc1. The molecule has 3 aromatic rings. The maximum Gasteiger partial charge on any atom is 0.354 e. The fraction of sp³-hybridized carbons (Fsp3) is 0.143. The summed E-state index contributed by atoms with van der Waals surface area (Å²) >= 11 is 0. The number of methoxy groups -OCH3 is 1. The number of benzene rings is 1. The predicted molar refractivity (Wildman–Crippen MR) is 74.5 cm³/mol. The molecule has 0 bridgehead atoms. The first-order valence-electron chi connectivity index (χ1n) is 6.20. The summed E-state index contributed by atoms with van der Waals surface area (Å²) in [6.45, 7) is 1.69. The lowest BCUT2D eigenvalue weighted by atomic mass is 10.1. The number of hydrogen-bond donors (Lipinski definition) is 1. The molecule has 1 aromatic carbocycles. The van der Waals surface area contributed by atoms with Crippen molar-refractivity contribution in [1.82, 2.24) is 19.6 Å². The number of fused-ring (bicyclic) bond motifs is 1. The van der Waals surface area contributed by atoms with E-state index in [1.54, 1.807) is 26.2 Å². The molecule has 0 aliphatic heterocycles. The Morgan fingerprint density at radius 3 is 2.57 bits per heavy atom. The Balaban J connectivity index is 2.19. The van der Waals surface area contributed by atoms with Crippen molar-refractivity contribution in [1.29, 1.82) is 0 Å². The lowest BCUT2D eigenvalue weighted by molar-refractivity contribution is 0.0687. The van der Waals surface area contributed by atoms with Gasteiger partial charge >= 0.3 is 5.97 Å². The molecule has 7 nitrogen and oxygen atoms in total. The zero-order valence-corrected chi connectivity index (χ0v) is 11.4. The number of carbonyl (C=O) groups is 1. The largest absolute Gasteiger partial charge is 0.497 e. The van der Waals surface area contributed by atoms with Crippen molar-refractivity contribution >= 4 is 11.7 Å². The second kappa shape index (κ2) is 4.86. The summed E-state index contributed by atoms with van der Waals surface area (Å²) < 4.78 is 6.33. The van der Waals surface area contributed by atoms with E-state index < -0.39 is 5.97 Å². The van der Waals surface area contributed by atoms with Crippen molar-refractivity contribution < 1.29 is 14.6 Å². The smallest absolute Gasteiger partial charge is 0.354 e. The molecule has 0 spiro atoms. The van der Waals surface area contributed by atoms with E-state index in [0.29, 0.717) is 11.5 Å². The summed E-state index contributed by atoms with van der Waals surface area (Å²) in [5, 5.41) is 13.3. The molecule has 0 aliphatic rings. The number of ether oxygens (including phenoxy) is 1. The van der Waals surface area contributed by atoms with Gasteiger partial charge in [0.15, 0.2) is 5.69 Å². The van der Waals surface area contributed by atoms with Gasteiger partial charge in [0.25, 0.3) is 5.78 Å². The molecule has 2 aromatic heterocycles. The van der Waals surface area contributed by atoms with E-state index in [1.165, 1.54) is 10.6 Å². The van der Waals surface area contributed by atoms with Crippen LogP contribution in [-0.4, -0.2) is 37.8 Å². The molecule has 0 atom stereocenters. The van der Waals surface area contributed by atoms with Gasteiger partial charge < -0.3 is 9.84 Å². The van der Waals surface area contributed by atoms with Crippen LogP contribution in [0.2, 0.25) is 0 Å². The number of hydrogen-bond acceptors (Lipinski definition) is 5. The molecule has 0 amide bonds. The second-order valence-corrected chi connectivity index (χ2v) is 4.43. The number of carboxylic acid groups (broad SMARTS) is 1. The third-order valence-electron chi connectivity index (χ3n) is 3.02. The number of aromatic nitrogens is 4. The van der Waals surface area contributed by atoms with Crippen LogP contribution in [-0.2, 0) is 0 Å². The maximum absolute atomic E-state index is 11.4. The third kappa shape index (κ3) is 2.29. The maximum atomic E-state index is 11.4. The van der Waals surface area contributed by atoms with E-state index in [2.05, 4.69) is 15.1 Å². The van der Waals surface area contributed by atoms with E-state index in [-0.39, 0.29) is 11.5 Å². The van der Waals surface area contributed by atoms with E-state index >= 15 is 0 Å². The van der Waals surface area contributed by atoms with Gasteiger partial charge in [0.1, 0.15) is 11.6 Å². The van der Waals surface area contributed by atoms with Gasteiger partial charge in [-0.15, -0.1) is 5.10 Å². The third-order valence-corrected chi connectivity index (χ3v) is 3.02. The molecule has 0 unspecified atom stereocenters. The minimum absolute atomic E-state index is 0.0198. The van der Waals surface area contributed by atoms with E-state index in [0.717, 1.165) is 11.3 Å². The van der Waals surface area contributed by atoms with E-state index in [1.807, 2.05) is 12.1 Å². The summed E-state index contributed by atoms with van der Waals surface area (Å²) in [5.41, 5.74) is 1.32. The van der Waals surface area contributed by atoms with Crippen molar-refractivity contribution in [2.45, 2.75) is 6.92 Å². The summed E-state index contributed by atoms with van der Waals surface area (Å²) in [7, 11) is 1.58. The Morgan fingerprint density at radius 2 is 1.95 bits per heavy atom. The van der Waals surface area contributed by atoms with Gasteiger partial charge in [-0.2, -0.15) is 9.50 Å². The second-order valence-electron chi connectivity index (χ2n) is 4.43. The predicted octanol–water partition coefficient (Wildman–Crippen LogP) is 1.81. The van der Waals surface area contributed by atoms with Crippen LogP contribution in [0.5, 0.6) is 5.75 Å². The van der Waals surface area contributed by atoms with E-state index in [9.17, 15) is 9.90 Å². The lowest BCUT2D eigenvalue weighted by Crippen LogP contribution is -2.08. The van der Waals surface area contributed by atoms with Crippen LogP contribution in [0.15, 0.2) is 30.3 Å². The van der Waals surface area contributed by atoms with E-state index in [4.69, 9.17) is 4.74 Å². The van der Waals surface area contributed by atoms with Crippen LogP contribution in [0.25, 0.3) is 17.0 Å². The van der Waals surface area contributed by atoms with Crippen LogP contribution in [0.1, 0.15) is 16.3 Å². The highest BCUT2D eigenvalue weighted by molar-refractivity contribution is 5.87. The fourth-order valence-corrected chi connectivity index (χ4v) is 2.03. The van der Waals surface area contributed by atoms with Gasteiger partial charge in [0, 0.05) is 5.56 Å². The molecule has 21 heavy (non-hydrogen) atoms. The molecule has 0 aliphatic carbocycles. The minimum atomic E-state index is -1.08. The first kappa shape index (κ1) is 13.0. The van der Waals surface area contributed by atoms with Crippen LogP contribution in [0, 0.1) is 6.92 Å². The summed E-state index contributed by atoms with van der Waals surface area (Å²) in [6, 6.07) is 8.68. The van der Waals surface area contributed by atoms with Crippen LogP contribution in [0.3, 0.4) is 0 Å². The molecular weight excluding hydrogens is 272 g/mol. The van der Waals surface area contributed by atoms with Crippen molar-refractivity contribution in [3.63, 3.8) is 0 Å². The first-order valence-corrected chi connectivity index (χ1v) is 6.20. The molecule has 1 N–H and O–H groups in total. The molecule has 106 valence electrons. The summed E-state index contributed by atoms with van der Waals surface area (Å²) in [4.78, 5) is 19.9. The molecule has 3 rings (SSSR count). The van der Waals surface area contributed by atoms with Crippen molar-refractivity contribution in [3.8, 4) is 17.0 Å². The Kier molecular flexibility index (Phi) is 3.02. The number of nitrogens with zero attached hydrogens (tertiary/aromatic N) is 4. The Labute approximate surface area is 119 Å². The average molecular weight is 284 g/mol. The molecule has 0 saturated heterocycles. The highest BCUT2D eigenvalue weighted by Gasteiger charge is 2.15. The highest BCUT2D eigenvalue weighted by atomic mass is 16.5. The molecule has 0 saturated carbocycles. The van der Waals surface area contributed by atoms with Gasteiger partial charge in [-0.25, -0.2) is 9.78 Å². The number of carboxylic acids is 1. The summed E-state index contributed by atoms with van der Waals surface area (Å²) in [5.74, 6) is 0.369. The van der Waals surface area contributed by atoms with Gasteiger partial charge in [0.2, 0.25) is 0 Å². The summed E-state index contributed by atoms with van der Waals surface area (Å²) in [6.07, 6.45) is 0. The molecule has 0 radical (unpaired) electrons. The average Bonchev–Trinajstić information content (AvgIpc) is 2.86. The molecule has 2 heterocycles. The van der Waals surface area contributed by atoms with Crippen LogP contribution >= 0.6 is 0 Å². The first-order chi connectivity index (χ1) is 10.1. The van der Waals surface area contributed by atoms with Gasteiger partial charge in [-0.05, 0) is 37.3 Å². The normalized spacial score (nSPS) is 10.8. The van der Waals surface area contributed by atoms with Crippen LogP contribution < -0.4 is 4.74 Å². The van der Waals surface area contributed by atoms with Crippen molar-refractivity contribution in [2.75, 3.05) is 7.11 Å². The highest BCUT2D eigenvalue weighted by Crippen LogP contribution is 2.22. The van der Waals surface area contributed by atoms with Gasteiger partial charge in [0.05, 0.1) is 12.8 Å². The van der Waals surface area contributed by atoms with Crippen molar-refractivity contribution in [2.24, 2.45) is 0 Å². The Hall–Kier alpha value is -2.96. The van der Waals surface area contributed by atoms with Crippen molar-refractivity contribution in [3.05, 3.63) is 41.9 Å². The molecular formula is C14H12N4O3. The zero-order valence-electron chi connectivity index (χ0n) is 11.4. The Bertz CT molecular complexity index is 824. The topological polar surface area (TPSA) is 89.6 Å². The number of aryl methyl sites for hydroxylation is 1. The zero-order chi connectivity index (χ0) is 15.0. The standard InChI is InChI=1S/C14H12N4O3/c1-8-15-14-16-11(7-12(13(19)20)18(14)17-8)9-3-5-10(21-2)6-4-9/h3-7H,1-2H3,(H,19,20). The van der Waals surface area contributed by atoms with Crippen LogP contribution in [0.4, 0.5) is 0 Å². The molecule has 0 fully saturated rings. The van der Waals surface area contributed by atoms with Gasteiger partial charge in [-0.3, -0.25) is 0 Å².